The molecule has 2 aromatic rings. The van der Waals surface area contributed by atoms with Gasteiger partial charge in [0.2, 0.25) is 5.91 Å². The van der Waals surface area contributed by atoms with Crippen LogP contribution in [0, 0.1) is 0 Å². The first-order valence-corrected chi connectivity index (χ1v) is 8.76. The highest BCUT2D eigenvalue weighted by Crippen LogP contribution is 2.30. The Bertz CT molecular complexity index is 699. The van der Waals surface area contributed by atoms with Gasteiger partial charge in [-0.15, -0.1) is 0 Å². The van der Waals surface area contributed by atoms with E-state index in [1.54, 1.807) is 4.90 Å². The second-order valence-electron chi connectivity index (χ2n) is 4.37. The number of anilines is 1. The first kappa shape index (κ1) is 14.8. The Kier molecular flexibility index (Phi) is 4.47. The van der Waals surface area contributed by atoms with Gasteiger partial charge in [-0.2, -0.15) is 0 Å². The summed E-state index contributed by atoms with van der Waals surface area (Å²) in [5.41, 5.74) is 1.67. The van der Waals surface area contributed by atoms with Gasteiger partial charge in [-0.25, -0.2) is 4.99 Å². The predicted molar refractivity (Wildman–Crippen MR) is 95.3 cm³/mol. The zero-order chi connectivity index (χ0) is 14.8. The molecule has 0 spiro atoms. The third kappa shape index (κ3) is 3.39. The number of amides is 1. The summed E-state index contributed by atoms with van der Waals surface area (Å²) in [6.07, 6.45) is 0. The number of thioether (sulfide) groups is 1. The number of nitrogens with zero attached hydrogens (tertiary/aromatic N) is 2. The fourth-order valence-electron chi connectivity index (χ4n) is 1.91. The van der Waals surface area contributed by atoms with Crippen LogP contribution in [0.1, 0.15) is 0 Å². The number of hydrogen-bond donors (Lipinski definition) is 0. The normalized spacial score (nSPS) is 16.8. The fraction of sp³-hybridized carbons (Fsp3) is 0.0667. The van der Waals surface area contributed by atoms with Gasteiger partial charge in [-0.1, -0.05) is 43.6 Å². The van der Waals surface area contributed by atoms with E-state index in [0.717, 1.165) is 20.3 Å². The molecule has 0 unspecified atom stereocenters. The molecule has 0 saturated carbocycles. The molecule has 6 heteroatoms. The fourth-order valence-corrected chi connectivity index (χ4v) is 3.33. The highest BCUT2D eigenvalue weighted by Gasteiger charge is 2.29. The number of carbonyl (C=O) groups is 1. The summed E-state index contributed by atoms with van der Waals surface area (Å²) in [7, 11) is 0. The van der Waals surface area contributed by atoms with Crippen LogP contribution in [0.25, 0.3) is 0 Å². The summed E-state index contributed by atoms with van der Waals surface area (Å²) in [4.78, 5) is 18.4. The first-order chi connectivity index (χ1) is 10.1. The number of amidine groups is 1. The van der Waals surface area contributed by atoms with Gasteiger partial charge < -0.3 is 0 Å². The summed E-state index contributed by atoms with van der Waals surface area (Å²) in [5, 5.41) is 0.713. The maximum absolute atomic E-state index is 12.1. The summed E-state index contributed by atoms with van der Waals surface area (Å²) in [5.74, 6) is 0.476. The van der Waals surface area contributed by atoms with Gasteiger partial charge in [0.25, 0.3) is 0 Å². The van der Waals surface area contributed by atoms with E-state index in [0.29, 0.717) is 10.9 Å². The van der Waals surface area contributed by atoms with E-state index in [1.807, 2.05) is 48.5 Å². The summed E-state index contributed by atoms with van der Waals surface area (Å²) >= 11 is 8.26. The highest BCUT2D eigenvalue weighted by atomic mass is 79.9. The maximum Gasteiger partial charge on any atom is 0.243 e. The van der Waals surface area contributed by atoms with Crippen molar-refractivity contribution in [3.8, 4) is 0 Å². The van der Waals surface area contributed by atoms with Crippen LogP contribution < -0.4 is 4.90 Å². The SMILES string of the molecule is O=C1CSC(=Nc2ccc(Br)cc2)N1c1ccc(Br)cc1. The number of carbonyl (C=O) groups excluding carboxylic acids is 1. The molecule has 0 bridgehead atoms. The van der Waals surface area contributed by atoms with E-state index in [4.69, 9.17) is 0 Å². The summed E-state index contributed by atoms with van der Waals surface area (Å²) in [6.45, 7) is 0. The minimum Gasteiger partial charge on any atom is -0.273 e. The standard InChI is InChI=1S/C15H10Br2N2OS/c16-10-1-5-12(6-2-10)18-15-19(14(20)9-21-15)13-7-3-11(17)4-8-13/h1-8H,9H2. The van der Waals surface area contributed by atoms with Crippen molar-refractivity contribution in [3.63, 3.8) is 0 Å². The Morgan fingerprint density at radius 1 is 0.952 bits per heavy atom. The van der Waals surface area contributed by atoms with Gasteiger partial charge in [0, 0.05) is 8.95 Å². The number of benzene rings is 2. The highest BCUT2D eigenvalue weighted by molar-refractivity contribution is 9.10. The van der Waals surface area contributed by atoms with Gasteiger partial charge in [0.05, 0.1) is 17.1 Å². The molecule has 0 N–H and O–H groups in total. The molecular formula is C15H10Br2N2OS. The smallest absolute Gasteiger partial charge is 0.243 e. The molecule has 0 radical (unpaired) electrons. The van der Waals surface area contributed by atoms with E-state index < -0.39 is 0 Å². The molecule has 1 fully saturated rings. The average molecular weight is 426 g/mol. The lowest BCUT2D eigenvalue weighted by atomic mass is 10.3. The molecule has 1 amide bonds. The Balaban J connectivity index is 1.95. The van der Waals surface area contributed by atoms with Crippen LogP contribution in [0.5, 0.6) is 0 Å². The molecule has 2 aromatic carbocycles. The number of hydrogen-bond acceptors (Lipinski definition) is 3. The topological polar surface area (TPSA) is 32.7 Å². The molecule has 106 valence electrons. The van der Waals surface area contributed by atoms with Gasteiger partial charge in [-0.3, -0.25) is 9.69 Å². The van der Waals surface area contributed by atoms with Crippen LogP contribution in [0.4, 0.5) is 11.4 Å². The van der Waals surface area contributed by atoms with E-state index >= 15 is 0 Å². The molecule has 1 heterocycles. The molecule has 0 atom stereocenters. The largest absolute Gasteiger partial charge is 0.273 e. The predicted octanol–water partition coefficient (Wildman–Crippen LogP) is 4.98. The van der Waals surface area contributed by atoms with Crippen LogP contribution in [-0.2, 0) is 4.79 Å². The third-order valence-electron chi connectivity index (χ3n) is 2.90. The molecule has 1 aliphatic heterocycles. The summed E-state index contributed by atoms with van der Waals surface area (Å²) in [6, 6.07) is 15.4. The molecule has 21 heavy (non-hydrogen) atoms. The van der Waals surface area contributed by atoms with Crippen molar-refractivity contribution in [1.82, 2.24) is 0 Å². The lowest BCUT2D eigenvalue weighted by Gasteiger charge is -2.16. The van der Waals surface area contributed by atoms with Gasteiger partial charge in [0.15, 0.2) is 5.17 Å². The second-order valence-corrected chi connectivity index (χ2v) is 7.14. The Hall–Kier alpha value is -1.11. The molecule has 1 aliphatic rings. The maximum atomic E-state index is 12.1. The van der Waals surface area contributed by atoms with Gasteiger partial charge in [0.1, 0.15) is 0 Å². The molecule has 1 saturated heterocycles. The lowest BCUT2D eigenvalue weighted by Crippen LogP contribution is -2.28. The third-order valence-corrected chi connectivity index (χ3v) is 4.88. The van der Waals surface area contributed by atoms with Crippen molar-refractivity contribution in [2.75, 3.05) is 10.7 Å². The second kappa shape index (κ2) is 6.34. The van der Waals surface area contributed by atoms with Crippen molar-refractivity contribution in [2.24, 2.45) is 4.99 Å². The van der Waals surface area contributed by atoms with Crippen molar-refractivity contribution in [2.45, 2.75) is 0 Å². The molecule has 3 nitrogen and oxygen atoms in total. The van der Waals surface area contributed by atoms with Crippen molar-refractivity contribution >= 4 is 66.1 Å². The molecule has 0 aliphatic carbocycles. The molecular weight excluding hydrogens is 416 g/mol. The van der Waals surface area contributed by atoms with Crippen molar-refractivity contribution in [3.05, 3.63) is 57.5 Å². The van der Waals surface area contributed by atoms with Gasteiger partial charge >= 0.3 is 0 Å². The zero-order valence-corrected chi connectivity index (χ0v) is 14.8. The van der Waals surface area contributed by atoms with Crippen LogP contribution in [0.15, 0.2) is 62.5 Å². The van der Waals surface area contributed by atoms with Crippen LogP contribution >= 0.6 is 43.6 Å². The molecule has 3 rings (SSSR count). The van der Waals surface area contributed by atoms with Crippen molar-refractivity contribution in [1.29, 1.82) is 0 Å². The number of rotatable bonds is 2. The zero-order valence-electron chi connectivity index (χ0n) is 10.8. The van der Waals surface area contributed by atoms with Crippen molar-refractivity contribution < 1.29 is 4.79 Å². The van der Waals surface area contributed by atoms with E-state index in [1.165, 1.54) is 11.8 Å². The number of aliphatic imine (C=N–C) groups is 1. The average Bonchev–Trinajstić information content (AvgIpc) is 2.83. The monoisotopic (exact) mass is 424 g/mol. The van der Waals surface area contributed by atoms with Crippen LogP contribution in [0.3, 0.4) is 0 Å². The van der Waals surface area contributed by atoms with E-state index in [2.05, 4.69) is 36.9 Å². The van der Waals surface area contributed by atoms with Crippen LogP contribution in [-0.4, -0.2) is 16.8 Å². The first-order valence-electron chi connectivity index (χ1n) is 6.19. The summed E-state index contributed by atoms with van der Waals surface area (Å²) < 4.78 is 1.99. The Morgan fingerprint density at radius 2 is 1.52 bits per heavy atom. The Morgan fingerprint density at radius 3 is 2.14 bits per heavy atom. The minimum absolute atomic E-state index is 0.0539. The minimum atomic E-state index is 0.0539. The lowest BCUT2D eigenvalue weighted by molar-refractivity contribution is -0.115. The Labute approximate surface area is 143 Å². The molecule has 0 aromatic heterocycles. The van der Waals surface area contributed by atoms with E-state index in [9.17, 15) is 4.79 Å². The van der Waals surface area contributed by atoms with Gasteiger partial charge in [-0.05, 0) is 48.5 Å². The van der Waals surface area contributed by atoms with Crippen LogP contribution in [0.2, 0.25) is 0 Å². The van der Waals surface area contributed by atoms with E-state index in [-0.39, 0.29) is 5.91 Å². The quantitative estimate of drug-likeness (QED) is 0.679. The number of halogens is 2.